The number of hydrogen-bond donors (Lipinski definition) is 0. The highest BCUT2D eigenvalue weighted by Crippen LogP contribution is 2.37. The van der Waals surface area contributed by atoms with E-state index in [1.807, 2.05) is 84.9 Å². The van der Waals surface area contributed by atoms with Crippen LogP contribution in [0.1, 0.15) is 0 Å². The first-order valence-electron chi connectivity index (χ1n) is 9.02. The zero-order valence-electron chi connectivity index (χ0n) is 14.9. The van der Waals surface area contributed by atoms with Gasteiger partial charge in [-0.25, -0.2) is 0 Å². The normalized spacial score (nSPS) is 10.9. The molecule has 0 saturated carbocycles. The highest BCUT2D eigenvalue weighted by molar-refractivity contribution is 5.89. The maximum atomic E-state index is 6.16. The highest BCUT2D eigenvalue weighted by Gasteiger charge is 2.16. The lowest BCUT2D eigenvalue weighted by Gasteiger charge is -2.11. The van der Waals surface area contributed by atoms with E-state index in [-0.39, 0.29) is 0 Å². The number of para-hydroxylation sites is 1. The molecule has 0 N–H and O–H groups in total. The number of hydrogen-bond acceptors (Lipinski definition) is 4. The van der Waals surface area contributed by atoms with Crippen molar-refractivity contribution in [2.24, 2.45) is 0 Å². The predicted octanol–water partition coefficient (Wildman–Crippen LogP) is 6.35. The molecule has 28 heavy (non-hydrogen) atoms. The fraction of sp³-hybridized carbons (Fsp3) is 0. The van der Waals surface area contributed by atoms with E-state index >= 15 is 0 Å². The molecule has 0 aliphatic heterocycles. The van der Waals surface area contributed by atoms with Crippen LogP contribution in [0.5, 0.6) is 11.5 Å². The predicted molar refractivity (Wildman–Crippen MR) is 109 cm³/mol. The molecule has 0 fully saturated rings. The first kappa shape index (κ1) is 16.3. The number of nitrogens with zero attached hydrogens (tertiary/aromatic N) is 2. The maximum Gasteiger partial charge on any atom is 0.251 e. The summed E-state index contributed by atoms with van der Waals surface area (Å²) in [6.07, 6.45) is 0. The summed E-state index contributed by atoms with van der Waals surface area (Å²) in [6.45, 7) is 0. The summed E-state index contributed by atoms with van der Waals surface area (Å²) in [5, 5.41) is 10.7. The Labute approximate surface area is 162 Å². The molecule has 0 spiro atoms. The molecule has 0 atom stereocenters. The van der Waals surface area contributed by atoms with Crippen LogP contribution in [0.25, 0.3) is 33.7 Å². The van der Waals surface area contributed by atoms with Gasteiger partial charge in [0.15, 0.2) is 0 Å². The molecular formula is C24H16N2O2. The average molecular weight is 364 g/mol. The fourth-order valence-electron chi connectivity index (χ4n) is 3.12. The van der Waals surface area contributed by atoms with Crippen molar-refractivity contribution >= 4 is 10.8 Å². The first-order chi connectivity index (χ1) is 13.9. The van der Waals surface area contributed by atoms with Crippen LogP contribution >= 0.6 is 0 Å². The van der Waals surface area contributed by atoms with Crippen molar-refractivity contribution in [2.45, 2.75) is 0 Å². The van der Waals surface area contributed by atoms with E-state index in [0.29, 0.717) is 17.5 Å². The van der Waals surface area contributed by atoms with E-state index in [1.54, 1.807) is 0 Å². The monoisotopic (exact) mass is 364 g/mol. The smallest absolute Gasteiger partial charge is 0.251 e. The summed E-state index contributed by atoms with van der Waals surface area (Å²) in [6, 6.07) is 31.6. The minimum atomic E-state index is 0.426. The molecule has 4 aromatic carbocycles. The van der Waals surface area contributed by atoms with E-state index in [0.717, 1.165) is 27.6 Å². The summed E-state index contributed by atoms with van der Waals surface area (Å²) in [5.41, 5.74) is 1.64. The van der Waals surface area contributed by atoms with Crippen LogP contribution < -0.4 is 4.74 Å². The molecule has 1 heterocycles. The summed E-state index contributed by atoms with van der Waals surface area (Å²) in [7, 11) is 0. The van der Waals surface area contributed by atoms with Crippen molar-refractivity contribution in [1.82, 2.24) is 10.2 Å². The van der Waals surface area contributed by atoms with Crippen molar-refractivity contribution in [2.75, 3.05) is 0 Å². The summed E-state index contributed by atoms with van der Waals surface area (Å²) >= 11 is 0. The number of benzene rings is 4. The van der Waals surface area contributed by atoms with E-state index in [1.165, 1.54) is 0 Å². The van der Waals surface area contributed by atoms with Gasteiger partial charge >= 0.3 is 0 Å². The Kier molecular flexibility index (Phi) is 4.07. The van der Waals surface area contributed by atoms with E-state index < -0.39 is 0 Å². The summed E-state index contributed by atoms with van der Waals surface area (Å²) in [5.74, 6) is 2.33. The average Bonchev–Trinajstić information content (AvgIpc) is 3.25. The molecular weight excluding hydrogens is 348 g/mol. The summed E-state index contributed by atoms with van der Waals surface area (Å²) in [4.78, 5) is 0. The van der Waals surface area contributed by atoms with Gasteiger partial charge in [0.25, 0.3) is 5.89 Å². The quantitative estimate of drug-likeness (QED) is 0.373. The van der Waals surface area contributed by atoms with Gasteiger partial charge in [-0.3, -0.25) is 0 Å². The lowest BCUT2D eigenvalue weighted by atomic mass is 10.1. The van der Waals surface area contributed by atoms with Gasteiger partial charge in [0.1, 0.15) is 11.5 Å². The molecule has 0 bridgehead atoms. The van der Waals surface area contributed by atoms with Crippen molar-refractivity contribution in [1.29, 1.82) is 0 Å². The molecule has 1 aromatic heterocycles. The van der Waals surface area contributed by atoms with E-state index in [4.69, 9.17) is 9.15 Å². The molecule has 4 nitrogen and oxygen atoms in total. The molecule has 0 aliphatic carbocycles. The summed E-state index contributed by atoms with van der Waals surface area (Å²) < 4.78 is 12.1. The van der Waals surface area contributed by atoms with Crippen molar-refractivity contribution in [3.63, 3.8) is 0 Å². The molecule has 0 saturated heterocycles. The van der Waals surface area contributed by atoms with Gasteiger partial charge in [-0.2, -0.15) is 0 Å². The topological polar surface area (TPSA) is 48.2 Å². The Morgan fingerprint density at radius 2 is 1.21 bits per heavy atom. The van der Waals surface area contributed by atoms with Gasteiger partial charge in [0.2, 0.25) is 5.89 Å². The molecule has 0 amide bonds. The fourth-order valence-corrected chi connectivity index (χ4v) is 3.12. The zero-order valence-corrected chi connectivity index (χ0v) is 14.9. The van der Waals surface area contributed by atoms with Gasteiger partial charge < -0.3 is 9.15 Å². The van der Waals surface area contributed by atoms with Crippen molar-refractivity contribution < 1.29 is 9.15 Å². The first-order valence-corrected chi connectivity index (χ1v) is 9.02. The molecule has 5 rings (SSSR count). The second-order valence-corrected chi connectivity index (χ2v) is 6.39. The molecule has 0 radical (unpaired) electrons. The Morgan fingerprint density at radius 3 is 1.96 bits per heavy atom. The van der Waals surface area contributed by atoms with Crippen molar-refractivity contribution in [3.05, 3.63) is 97.1 Å². The number of rotatable bonds is 4. The van der Waals surface area contributed by atoms with Crippen LogP contribution in [0.15, 0.2) is 101 Å². The molecule has 4 heteroatoms. The number of ether oxygens (including phenoxy) is 1. The largest absolute Gasteiger partial charge is 0.457 e. The number of fused-ring (bicyclic) bond motifs is 1. The van der Waals surface area contributed by atoms with Crippen LogP contribution in [0.4, 0.5) is 0 Å². The second-order valence-electron chi connectivity index (χ2n) is 6.39. The standard InChI is InChI=1S/C24H16N2O2/c1-3-9-17(10-4-1)23-25-26-24(28-23)21-15-18-11-7-8-12-19(18)16-22(21)27-20-13-5-2-6-14-20/h1-16H. The Balaban J connectivity index is 1.63. The Hall–Kier alpha value is -3.92. The van der Waals surface area contributed by atoms with Crippen LogP contribution in [-0.4, -0.2) is 10.2 Å². The van der Waals surface area contributed by atoms with Gasteiger partial charge in [0, 0.05) is 5.56 Å². The van der Waals surface area contributed by atoms with Crippen molar-refractivity contribution in [3.8, 4) is 34.4 Å². The third-order valence-electron chi connectivity index (χ3n) is 4.50. The van der Waals surface area contributed by atoms with Gasteiger partial charge in [-0.15, -0.1) is 10.2 Å². The van der Waals surface area contributed by atoms with Crippen LogP contribution in [-0.2, 0) is 0 Å². The van der Waals surface area contributed by atoms with Crippen LogP contribution in [0.2, 0.25) is 0 Å². The highest BCUT2D eigenvalue weighted by atomic mass is 16.5. The minimum absolute atomic E-state index is 0.426. The van der Waals surface area contributed by atoms with Gasteiger partial charge in [-0.05, 0) is 47.2 Å². The lowest BCUT2D eigenvalue weighted by Crippen LogP contribution is -1.89. The second kappa shape index (κ2) is 7.00. The minimum Gasteiger partial charge on any atom is -0.457 e. The third-order valence-corrected chi connectivity index (χ3v) is 4.50. The molecule has 134 valence electrons. The number of aromatic nitrogens is 2. The van der Waals surface area contributed by atoms with Gasteiger partial charge in [0.05, 0.1) is 5.56 Å². The SMILES string of the molecule is c1ccc(Oc2cc3ccccc3cc2-c2nnc(-c3ccccc3)o2)cc1. The van der Waals surface area contributed by atoms with Crippen LogP contribution in [0, 0.1) is 0 Å². The van der Waals surface area contributed by atoms with Crippen LogP contribution in [0.3, 0.4) is 0 Å². The third kappa shape index (κ3) is 3.12. The molecule has 0 aliphatic rings. The maximum absolute atomic E-state index is 6.16. The molecule has 5 aromatic rings. The van der Waals surface area contributed by atoms with Gasteiger partial charge in [-0.1, -0.05) is 60.7 Å². The van der Waals surface area contributed by atoms with E-state index in [9.17, 15) is 0 Å². The molecule has 0 unspecified atom stereocenters. The zero-order chi connectivity index (χ0) is 18.8. The lowest BCUT2D eigenvalue weighted by molar-refractivity contribution is 0.481. The Morgan fingerprint density at radius 1 is 0.607 bits per heavy atom. The van der Waals surface area contributed by atoms with E-state index in [2.05, 4.69) is 22.3 Å². The Bertz CT molecular complexity index is 1230.